The van der Waals surface area contributed by atoms with E-state index >= 15 is 0 Å². The van der Waals surface area contributed by atoms with Gasteiger partial charge in [-0.2, -0.15) is 9.61 Å². The number of fused-ring (bicyclic) bond motifs is 1. The van der Waals surface area contributed by atoms with Crippen molar-refractivity contribution < 1.29 is 13.6 Å². The highest BCUT2D eigenvalue weighted by atomic mass is 19.1. The number of alkyl halides is 1. The van der Waals surface area contributed by atoms with Gasteiger partial charge in [-0.25, -0.2) is 13.8 Å². The van der Waals surface area contributed by atoms with Crippen LogP contribution >= 0.6 is 0 Å². The first-order valence-electron chi connectivity index (χ1n) is 11.6. The summed E-state index contributed by atoms with van der Waals surface area (Å²) in [5, 5.41) is 13.2. The molecule has 178 valence electrons. The highest BCUT2D eigenvalue weighted by Gasteiger charge is 2.29. The lowest BCUT2D eigenvalue weighted by Gasteiger charge is -2.30. The molecule has 8 nitrogen and oxygen atoms in total. The van der Waals surface area contributed by atoms with Crippen LogP contribution in [0.5, 0.6) is 0 Å². The Balaban J connectivity index is 1.59. The zero-order valence-corrected chi connectivity index (χ0v) is 19.4. The molecule has 0 saturated carbocycles. The molecule has 2 aliphatic rings. The second-order valence-electron chi connectivity index (χ2n) is 9.23. The van der Waals surface area contributed by atoms with Crippen LogP contribution in [0.3, 0.4) is 0 Å². The van der Waals surface area contributed by atoms with Crippen LogP contribution in [-0.4, -0.2) is 59.8 Å². The van der Waals surface area contributed by atoms with E-state index in [9.17, 15) is 13.6 Å². The summed E-state index contributed by atoms with van der Waals surface area (Å²) in [4.78, 5) is 21.7. The number of carbonyl (C=O) groups excluding carboxylic acids is 1. The van der Waals surface area contributed by atoms with Gasteiger partial charge in [-0.15, -0.1) is 10.2 Å². The summed E-state index contributed by atoms with van der Waals surface area (Å²) in [6.45, 7) is 6.89. The van der Waals surface area contributed by atoms with Crippen LogP contribution in [0.25, 0.3) is 22.6 Å². The lowest BCUT2D eigenvalue weighted by atomic mass is 9.96. The fourth-order valence-corrected chi connectivity index (χ4v) is 4.58. The van der Waals surface area contributed by atoms with E-state index in [0.717, 1.165) is 24.5 Å². The van der Waals surface area contributed by atoms with Gasteiger partial charge in [0.2, 0.25) is 5.91 Å². The molecule has 0 bridgehead atoms. The molecule has 10 heteroatoms. The molecule has 1 atom stereocenters. The molecule has 1 unspecified atom stereocenters. The molecule has 0 spiro atoms. The molecule has 34 heavy (non-hydrogen) atoms. The van der Waals surface area contributed by atoms with E-state index < -0.39 is 12.0 Å². The Kier molecular flexibility index (Phi) is 5.75. The zero-order chi connectivity index (χ0) is 24.0. The summed E-state index contributed by atoms with van der Waals surface area (Å²) >= 11 is 0. The van der Waals surface area contributed by atoms with E-state index in [1.165, 1.54) is 12.2 Å². The van der Waals surface area contributed by atoms with Crippen molar-refractivity contribution in [3.8, 4) is 11.4 Å². The predicted molar refractivity (Wildman–Crippen MR) is 123 cm³/mol. The Morgan fingerprint density at radius 3 is 2.65 bits per heavy atom. The van der Waals surface area contributed by atoms with Crippen molar-refractivity contribution in [2.24, 2.45) is 0 Å². The number of imidazole rings is 1. The lowest BCUT2D eigenvalue weighted by molar-refractivity contribution is -0.129. The van der Waals surface area contributed by atoms with Crippen molar-refractivity contribution >= 4 is 17.1 Å². The minimum Gasteiger partial charge on any atom is -0.343 e. The summed E-state index contributed by atoms with van der Waals surface area (Å²) in [6.07, 6.45) is 2.68. The summed E-state index contributed by atoms with van der Waals surface area (Å²) < 4.78 is 30.3. The van der Waals surface area contributed by atoms with Crippen LogP contribution in [0.1, 0.15) is 69.2 Å². The van der Waals surface area contributed by atoms with Gasteiger partial charge in [-0.05, 0) is 31.1 Å². The van der Waals surface area contributed by atoms with Gasteiger partial charge in [0.1, 0.15) is 29.2 Å². The summed E-state index contributed by atoms with van der Waals surface area (Å²) in [5.74, 6) is 1.18. The first kappa shape index (κ1) is 22.4. The van der Waals surface area contributed by atoms with Crippen molar-refractivity contribution in [3.63, 3.8) is 0 Å². The molecule has 1 fully saturated rings. The van der Waals surface area contributed by atoms with Gasteiger partial charge in [-0.3, -0.25) is 4.79 Å². The standard InChI is InChI=1S/C24H27F2N7O/c1-13(2)24-30-29-20-7-6-19(31-33(20)24)22-21(17-5-4-16(25)12-18(17)26)27-23(28-22)15-8-10-32(11-9-15)14(3)34/h4-7,13,15-16H,8-12H2,1-3H3,(H,27,28). The van der Waals surface area contributed by atoms with Gasteiger partial charge in [0, 0.05) is 43.8 Å². The molecule has 0 aromatic carbocycles. The van der Waals surface area contributed by atoms with Crippen molar-refractivity contribution in [1.29, 1.82) is 0 Å². The van der Waals surface area contributed by atoms with Crippen LogP contribution in [0.2, 0.25) is 0 Å². The Hall–Kier alpha value is -3.43. The quantitative estimate of drug-likeness (QED) is 0.616. The topological polar surface area (TPSA) is 92.1 Å². The van der Waals surface area contributed by atoms with Crippen LogP contribution in [-0.2, 0) is 4.79 Å². The number of carbonyl (C=O) groups is 1. The highest BCUT2D eigenvalue weighted by Crippen LogP contribution is 2.36. The maximum Gasteiger partial charge on any atom is 0.219 e. The molecule has 5 rings (SSSR count). The second-order valence-corrected chi connectivity index (χ2v) is 9.23. The number of aromatic amines is 1. The fourth-order valence-electron chi connectivity index (χ4n) is 4.58. The third-order valence-corrected chi connectivity index (χ3v) is 6.50. The minimum absolute atomic E-state index is 0.0621. The van der Waals surface area contributed by atoms with Crippen molar-refractivity contribution in [2.75, 3.05) is 13.1 Å². The third-order valence-electron chi connectivity index (χ3n) is 6.50. The van der Waals surface area contributed by atoms with E-state index in [2.05, 4.69) is 15.2 Å². The van der Waals surface area contributed by atoms with Gasteiger partial charge in [0.05, 0.1) is 5.69 Å². The predicted octanol–water partition coefficient (Wildman–Crippen LogP) is 4.34. The first-order valence-corrected chi connectivity index (χ1v) is 11.6. The van der Waals surface area contributed by atoms with Gasteiger partial charge in [-0.1, -0.05) is 19.9 Å². The molecule has 1 saturated heterocycles. The maximum atomic E-state index is 14.9. The average Bonchev–Trinajstić information content (AvgIpc) is 3.43. The molecule has 1 amide bonds. The van der Waals surface area contributed by atoms with Crippen molar-refractivity contribution in [3.05, 3.63) is 47.5 Å². The number of halogens is 2. The van der Waals surface area contributed by atoms with Gasteiger partial charge in [0.25, 0.3) is 0 Å². The molecule has 3 aromatic heterocycles. The number of allylic oxidation sites excluding steroid dienone is 4. The molecule has 1 aliphatic carbocycles. The smallest absolute Gasteiger partial charge is 0.219 e. The number of hydrogen-bond donors (Lipinski definition) is 1. The van der Waals surface area contributed by atoms with Crippen molar-refractivity contribution in [1.82, 2.24) is 34.7 Å². The molecular formula is C24H27F2N7O. The number of likely N-dealkylation sites (tertiary alicyclic amines) is 1. The minimum atomic E-state index is -1.35. The number of nitrogens with zero attached hydrogens (tertiary/aromatic N) is 6. The van der Waals surface area contributed by atoms with Crippen LogP contribution in [0.4, 0.5) is 8.78 Å². The summed E-state index contributed by atoms with van der Waals surface area (Å²) in [7, 11) is 0. The number of aromatic nitrogens is 6. The van der Waals surface area contributed by atoms with Crippen LogP contribution in [0, 0.1) is 0 Å². The maximum absolute atomic E-state index is 14.9. The SMILES string of the molecule is CC(=O)N1CCC(c2nc(C3=C(F)CC(F)C=C3)c(-c3ccc4nnc(C(C)C)n4n3)[nH]2)CC1. The number of amides is 1. The summed E-state index contributed by atoms with van der Waals surface area (Å²) in [5.41, 5.74) is 2.44. The Labute approximate surface area is 195 Å². The van der Waals surface area contributed by atoms with Gasteiger partial charge < -0.3 is 9.88 Å². The monoisotopic (exact) mass is 467 g/mol. The summed E-state index contributed by atoms with van der Waals surface area (Å²) in [6, 6.07) is 3.62. The lowest BCUT2D eigenvalue weighted by Crippen LogP contribution is -2.36. The number of piperidine rings is 1. The van der Waals surface area contributed by atoms with E-state index in [1.54, 1.807) is 17.5 Å². The van der Waals surface area contributed by atoms with Gasteiger partial charge >= 0.3 is 0 Å². The van der Waals surface area contributed by atoms with E-state index in [0.29, 0.717) is 35.8 Å². The molecule has 3 aromatic rings. The Morgan fingerprint density at radius 1 is 1.21 bits per heavy atom. The molecule has 0 radical (unpaired) electrons. The third kappa shape index (κ3) is 4.01. The van der Waals surface area contributed by atoms with Crippen LogP contribution in [0.15, 0.2) is 30.1 Å². The van der Waals surface area contributed by atoms with Crippen molar-refractivity contribution in [2.45, 2.75) is 58.0 Å². The Bertz CT molecular complexity index is 1300. The Morgan fingerprint density at radius 2 is 1.97 bits per heavy atom. The van der Waals surface area contributed by atoms with E-state index in [4.69, 9.17) is 10.1 Å². The molecular weight excluding hydrogens is 440 g/mol. The van der Waals surface area contributed by atoms with E-state index in [1.807, 2.05) is 24.8 Å². The van der Waals surface area contributed by atoms with Crippen LogP contribution < -0.4 is 0 Å². The average molecular weight is 468 g/mol. The van der Waals surface area contributed by atoms with E-state index in [-0.39, 0.29) is 29.7 Å². The molecule has 1 N–H and O–H groups in total. The number of rotatable bonds is 4. The highest BCUT2D eigenvalue weighted by molar-refractivity contribution is 5.83. The molecule has 4 heterocycles. The second kappa shape index (κ2) is 8.73. The molecule has 1 aliphatic heterocycles. The number of hydrogen-bond acceptors (Lipinski definition) is 5. The zero-order valence-electron chi connectivity index (χ0n) is 19.4. The fraction of sp³-hybridized carbons (Fsp3) is 0.458. The normalized spacial score (nSPS) is 19.6. The number of H-pyrrole nitrogens is 1. The number of nitrogens with one attached hydrogen (secondary N) is 1. The first-order chi connectivity index (χ1) is 16.3. The largest absolute Gasteiger partial charge is 0.343 e. The van der Waals surface area contributed by atoms with Gasteiger partial charge in [0.15, 0.2) is 11.5 Å².